The number of hydrogen-bond acceptors (Lipinski definition) is 2. The van der Waals surface area contributed by atoms with Crippen LogP contribution in [0, 0.1) is 0 Å². The number of benzene rings is 2. The molecule has 0 unspecified atom stereocenters. The first kappa shape index (κ1) is 12.7. The maximum Gasteiger partial charge on any atom is 0.249 e. The van der Waals surface area contributed by atoms with Crippen molar-refractivity contribution in [3.63, 3.8) is 0 Å². The molecule has 0 aliphatic heterocycles. The SMILES string of the molecule is COc1ccc2[nH]c3c(-c4ccccc4)cc(=O)[nH]c3c2c1. The zero-order chi connectivity index (χ0) is 15.1. The third kappa shape index (κ3) is 1.89. The topological polar surface area (TPSA) is 57.9 Å². The summed E-state index contributed by atoms with van der Waals surface area (Å²) in [6.45, 7) is 0. The minimum Gasteiger partial charge on any atom is -0.497 e. The molecule has 0 aliphatic carbocycles. The van der Waals surface area contributed by atoms with Crippen LogP contribution in [-0.4, -0.2) is 17.1 Å². The van der Waals surface area contributed by atoms with Gasteiger partial charge in [-0.3, -0.25) is 4.79 Å². The van der Waals surface area contributed by atoms with Crippen LogP contribution in [0.4, 0.5) is 0 Å². The monoisotopic (exact) mass is 290 g/mol. The highest BCUT2D eigenvalue weighted by molar-refractivity contribution is 6.09. The van der Waals surface area contributed by atoms with Crippen molar-refractivity contribution in [2.24, 2.45) is 0 Å². The number of nitrogens with one attached hydrogen (secondary N) is 2. The summed E-state index contributed by atoms with van der Waals surface area (Å²) in [5, 5.41) is 0.948. The molecule has 0 aliphatic rings. The average molecular weight is 290 g/mol. The van der Waals surface area contributed by atoms with Gasteiger partial charge in [-0.05, 0) is 23.8 Å². The van der Waals surface area contributed by atoms with E-state index in [0.717, 1.165) is 38.8 Å². The van der Waals surface area contributed by atoms with Gasteiger partial charge in [-0.15, -0.1) is 0 Å². The van der Waals surface area contributed by atoms with E-state index in [-0.39, 0.29) is 5.56 Å². The van der Waals surface area contributed by atoms with Gasteiger partial charge in [0, 0.05) is 22.5 Å². The molecule has 0 spiro atoms. The molecule has 2 aromatic heterocycles. The van der Waals surface area contributed by atoms with Gasteiger partial charge in [-0.25, -0.2) is 0 Å². The van der Waals surface area contributed by atoms with Gasteiger partial charge in [0.25, 0.3) is 0 Å². The molecule has 4 rings (SSSR count). The van der Waals surface area contributed by atoms with E-state index in [2.05, 4.69) is 9.97 Å². The van der Waals surface area contributed by atoms with Crippen molar-refractivity contribution >= 4 is 21.9 Å². The summed E-state index contributed by atoms with van der Waals surface area (Å²) in [7, 11) is 1.63. The molecule has 0 amide bonds. The highest BCUT2D eigenvalue weighted by atomic mass is 16.5. The molecule has 2 heterocycles. The second kappa shape index (κ2) is 4.77. The first-order chi connectivity index (χ1) is 10.8. The van der Waals surface area contributed by atoms with Crippen LogP contribution in [0.2, 0.25) is 0 Å². The Morgan fingerprint density at radius 3 is 2.50 bits per heavy atom. The number of pyridine rings is 1. The molecule has 0 saturated heterocycles. The number of aromatic nitrogens is 2. The van der Waals surface area contributed by atoms with E-state index in [1.54, 1.807) is 13.2 Å². The highest BCUT2D eigenvalue weighted by Crippen LogP contribution is 2.32. The van der Waals surface area contributed by atoms with Gasteiger partial charge in [0.2, 0.25) is 5.56 Å². The molecule has 4 heteroatoms. The van der Waals surface area contributed by atoms with Gasteiger partial charge in [0.15, 0.2) is 0 Å². The zero-order valence-electron chi connectivity index (χ0n) is 12.0. The third-order valence-corrected chi connectivity index (χ3v) is 3.88. The van der Waals surface area contributed by atoms with Crippen LogP contribution in [0.3, 0.4) is 0 Å². The van der Waals surface area contributed by atoms with Crippen LogP contribution < -0.4 is 10.3 Å². The lowest BCUT2D eigenvalue weighted by Crippen LogP contribution is -2.04. The Bertz CT molecular complexity index is 1030. The molecule has 4 aromatic rings. The summed E-state index contributed by atoms with van der Waals surface area (Å²) >= 11 is 0. The molecule has 2 aromatic carbocycles. The number of aromatic amines is 2. The zero-order valence-corrected chi connectivity index (χ0v) is 12.0. The van der Waals surface area contributed by atoms with Gasteiger partial charge < -0.3 is 14.7 Å². The fraction of sp³-hybridized carbons (Fsp3) is 0.0556. The molecule has 108 valence electrons. The van der Waals surface area contributed by atoms with E-state index in [4.69, 9.17) is 4.74 Å². The van der Waals surface area contributed by atoms with Crippen LogP contribution in [0.15, 0.2) is 59.4 Å². The number of ether oxygens (including phenoxy) is 1. The van der Waals surface area contributed by atoms with E-state index in [1.165, 1.54) is 0 Å². The summed E-state index contributed by atoms with van der Waals surface area (Å²) < 4.78 is 5.28. The minimum atomic E-state index is -0.116. The van der Waals surface area contributed by atoms with Crippen molar-refractivity contribution in [2.45, 2.75) is 0 Å². The molecular formula is C18H14N2O2. The maximum absolute atomic E-state index is 12.1. The molecule has 0 fully saturated rings. The number of fused-ring (bicyclic) bond motifs is 3. The van der Waals surface area contributed by atoms with Crippen LogP contribution in [-0.2, 0) is 0 Å². The first-order valence-corrected chi connectivity index (χ1v) is 7.04. The van der Waals surface area contributed by atoms with E-state index >= 15 is 0 Å². The van der Waals surface area contributed by atoms with Crippen molar-refractivity contribution in [1.82, 2.24) is 9.97 Å². The summed E-state index contributed by atoms with van der Waals surface area (Å²) in [6.07, 6.45) is 0. The number of rotatable bonds is 2. The number of methoxy groups -OCH3 is 1. The molecule has 0 bridgehead atoms. The number of H-pyrrole nitrogens is 2. The molecular weight excluding hydrogens is 276 g/mol. The van der Waals surface area contributed by atoms with E-state index in [1.807, 2.05) is 48.5 Å². The Kier molecular flexibility index (Phi) is 2.76. The van der Waals surface area contributed by atoms with Gasteiger partial charge in [0.1, 0.15) is 5.75 Å². The molecule has 0 atom stereocenters. The van der Waals surface area contributed by atoms with Crippen molar-refractivity contribution in [3.05, 3.63) is 65.0 Å². The third-order valence-electron chi connectivity index (χ3n) is 3.88. The van der Waals surface area contributed by atoms with Crippen molar-refractivity contribution in [3.8, 4) is 16.9 Å². The Morgan fingerprint density at radius 1 is 0.909 bits per heavy atom. The first-order valence-electron chi connectivity index (χ1n) is 7.04. The Balaban J connectivity index is 2.13. The maximum atomic E-state index is 12.1. The predicted octanol–water partition coefficient (Wildman–Crippen LogP) is 3.69. The number of hydrogen-bond donors (Lipinski definition) is 2. The molecule has 4 nitrogen and oxygen atoms in total. The van der Waals surface area contributed by atoms with Crippen LogP contribution in [0.5, 0.6) is 5.75 Å². The second-order valence-corrected chi connectivity index (χ2v) is 5.20. The van der Waals surface area contributed by atoms with Crippen LogP contribution >= 0.6 is 0 Å². The molecule has 0 saturated carbocycles. The second-order valence-electron chi connectivity index (χ2n) is 5.20. The van der Waals surface area contributed by atoms with E-state index < -0.39 is 0 Å². The smallest absolute Gasteiger partial charge is 0.249 e. The predicted molar refractivity (Wildman–Crippen MR) is 88.4 cm³/mol. The van der Waals surface area contributed by atoms with Crippen LogP contribution in [0.25, 0.3) is 33.1 Å². The Morgan fingerprint density at radius 2 is 1.73 bits per heavy atom. The summed E-state index contributed by atoms with van der Waals surface area (Å²) in [4.78, 5) is 18.4. The fourth-order valence-corrected chi connectivity index (χ4v) is 2.84. The van der Waals surface area contributed by atoms with Crippen LogP contribution in [0.1, 0.15) is 0 Å². The Hall–Kier alpha value is -3.01. The van der Waals surface area contributed by atoms with Gasteiger partial charge in [-0.1, -0.05) is 30.3 Å². The lowest BCUT2D eigenvalue weighted by molar-refractivity contribution is 0.415. The van der Waals surface area contributed by atoms with Crippen molar-refractivity contribution < 1.29 is 4.74 Å². The standard InChI is InChI=1S/C18H14N2O2/c1-22-12-7-8-15-14(9-12)18-17(19-15)13(10-16(21)20-18)11-5-3-2-4-6-11/h2-10,19H,1H3,(H,20,21). The molecule has 0 radical (unpaired) electrons. The average Bonchev–Trinajstić information content (AvgIpc) is 2.92. The van der Waals surface area contributed by atoms with E-state index in [0.29, 0.717) is 0 Å². The quantitative estimate of drug-likeness (QED) is 0.591. The summed E-state index contributed by atoms with van der Waals surface area (Å²) in [6, 6.07) is 17.3. The normalized spacial score (nSPS) is 11.1. The minimum absolute atomic E-state index is 0.116. The van der Waals surface area contributed by atoms with E-state index in [9.17, 15) is 4.79 Å². The van der Waals surface area contributed by atoms with Crippen molar-refractivity contribution in [2.75, 3.05) is 7.11 Å². The van der Waals surface area contributed by atoms with Gasteiger partial charge in [0.05, 0.1) is 18.1 Å². The van der Waals surface area contributed by atoms with Gasteiger partial charge in [-0.2, -0.15) is 0 Å². The highest BCUT2D eigenvalue weighted by Gasteiger charge is 2.12. The summed E-state index contributed by atoms with van der Waals surface area (Å²) in [5.41, 5.74) is 4.49. The Labute approximate surface area is 126 Å². The largest absolute Gasteiger partial charge is 0.497 e. The molecule has 22 heavy (non-hydrogen) atoms. The molecule has 2 N–H and O–H groups in total. The lowest BCUT2D eigenvalue weighted by Gasteiger charge is -2.03. The fourth-order valence-electron chi connectivity index (χ4n) is 2.84. The van der Waals surface area contributed by atoms with Crippen molar-refractivity contribution in [1.29, 1.82) is 0 Å². The lowest BCUT2D eigenvalue weighted by atomic mass is 10.1. The van der Waals surface area contributed by atoms with Gasteiger partial charge >= 0.3 is 0 Å². The summed E-state index contributed by atoms with van der Waals surface area (Å²) in [5.74, 6) is 0.763.